The van der Waals surface area contributed by atoms with Crippen molar-refractivity contribution < 1.29 is 31.1 Å². The van der Waals surface area contributed by atoms with Gasteiger partial charge in [-0.1, -0.05) is 57.6 Å². The highest BCUT2D eigenvalue weighted by atomic mass is 79.9. The van der Waals surface area contributed by atoms with Crippen molar-refractivity contribution in [3.63, 3.8) is 0 Å². The third kappa shape index (κ3) is 13.3. The van der Waals surface area contributed by atoms with Gasteiger partial charge >= 0.3 is 5.97 Å². The van der Waals surface area contributed by atoms with E-state index in [1.807, 2.05) is 0 Å². The van der Waals surface area contributed by atoms with Gasteiger partial charge in [-0.3, -0.25) is 0 Å². The number of carbonyl (C=O) groups is 1. The number of aryl methyl sites for hydroxylation is 1. The van der Waals surface area contributed by atoms with Gasteiger partial charge in [-0.15, -0.1) is 0 Å². The highest BCUT2D eigenvalue weighted by Gasteiger charge is 1.98. The first-order chi connectivity index (χ1) is 11.3. The summed E-state index contributed by atoms with van der Waals surface area (Å²) in [6, 6.07) is 6.23. The lowest BCUT2D eigenvalue weighted by atomic mass is 10.1. The Morgan fingerprint density at radius 2 is 1.33 bits per heavy atom. The van der Waals surface area contributed by atoms with Gasteiger partial charge in [-0.2, -0.15) is 0 Å². The van der Waals surface area contributed by atoms with Crippen LogP contribution in [0.5, 0.6) is 0 Å². The molecule has 0 spiro atoms. The van der Waals surface area contributed by atoms with E-state index in [0.29, 0.717) is 6.61 Å². The number of halogens is 1. The van der Waals surface area contributed by atoms with Crippen LogP contribution in [0.25, 0.3) is 0 Å². The van der Waals surface area contributed by atoms with Crippen LogP contribution in [0.2, 0.25) is 0 Å². The van der Waals surface area contributed by atoms with E-state index < -0.39 is 0 Å². The maximum Gasteiger partial charge on any atom is 0.330 e. The van der Waals surface area contributed by atoms with Gasteiger partial charge in [0.25, 0.3) is 0 Å². The number of unbranched alkanes of at least 4 members (excludes halogenated alkanes) is 9. The summed E-state index contributed by atoms with van der Waals surface area (Å²) in [6.07, 6.45) is 18.2. The Kier molecular flexibility index (Phi) is 15.9. The SMILES string of the molecule is C=CC(=O)OCCCCCCCCCCCC[n+]1ccccc1.[Br-]. The van der Waals surface area contributed by atoms with Gasteiger partial charge in [-0.25, -0.2) is 9.36 Å². The topological polar surface area (TPSA) is 30.2 Å². The molecule has 0 unspecified atom stereocenters. The van der Waals surface area contributed by atoms with E-state index in [-0.39, 0.29) is 23.0 Å². The van der Waals surface area contributed by atoms with Crippen LogP contribution in [0.15, 0.2) is 43.2 Å². The van der Waals surface area contributed by atoms with E-state index in [9.17, 15) is 4.79 Å². The van der Waals surface area contributed by atoms with Crippen LogP contribution in [0.1, 0.15) is 64.2 Å². The fourth-order valence-corrected chi connectivity index (χ4v) is 2.63. The number of esters is 1. The van der Waals surface area contributed by atoms with Gasteiger partial charge in [-0.05, 0) is 12.8 Å². The number of nitrogens with zero attached hydrogens (tertiary/aromatic N) is 1. The van der Waals surface area contributed by atoms with Crippen molar-refractivity contribution in [3.05, 3.63) is 43.2 Å². The minimum Gasteiger partial charge on any atom is -1.00 e. The first-order valence-electron chi connectivity index (χ1n) is 9.06. The highest BCUT2D eigenvalue weighted by molar-refractivity contribution is 5.81. The average molecular weight is 398 g/mol. The molecule has 1 aromatic rings. The van der Waals surface area contributed by atoms with Crippen molar-refractivity contribution in [1.82, 2.24) is 0 Å². The van der Waals surface area contributed by atoms with Crippen molar-refractivity contribution in [2.45, 2.75) is 70.8 Å². The van der Waals surface area contributed by atoms with E-state index in [1.165, 1.54) is 57.4 Å². The lowest BCUT2D eigenvalue weighted by Crippen LogP contribution is -3.00. The molecule has 0 fully saturated rings. The molecule has 1 aromatic heterocycles. The van der Waals surface area contributed by atoms with Gasteiger partial charge < -0.3 is 21.7 Å². The largest absolute Gasteiger partial charge is 1.00 e. The molecule has 0 bridgehead atoms. The molecule has 0 radical (unpaired) electrons. The van der Waals surface area contributed by atoms with Crippen molar-refractivity contribution in [2.24, 2.45) is 0 Å². The predicted octanol–water partition coefficient (Wildman–Crippen LogP) is 1.61. The Balaban J connectivity index is 0.00000529. The van der Waals surface area contributed by atoms with Gasteiger partial charge in [0.15, 0.2) is 12.4 Å². The molecule has 0 aliphatic heterocycles. The zero-order chi connectivity index (χ0) is 16.6. The minimum atomic E-state index is -0.310. The Labute approximate surface area is 157 Å². The molecule has 0 aromatic carbocycles. The number of hydrogen-bond donors (Lipinski definition) is 0. The zero-order valence-corrected chi connectivity index (χ0v) is 16.4. The standard InChI is InChI=1S/C20H32NO2.BrH/c1-2-20(22)23-19-15-10-8-6-4-3-5-7-9-12-16-21-17-13-11-14-18-21;/h2,11,13-14,17-18H,1,3-10,12,15-16,19H2;1H/q+1;/p-1. The van der Waals surface area contributed by atoms with Crippen LogP contribution in [0, 0.1) is 0 Å². The monoisotopic (exact) mass is 397 g/mol. The predicted molar refractivity (Wildman–Crippen MR) is 94.0 cm³/mol. The lowest BCUT2D eigenvalue weighted by molar-refractivity contribution is -0.697. The second kappa shape index (κ2) is 16.7. The van der Waals surface area contributed by atoms with Gasteiger partial charge in [0.1, 0.15) is 6.54 Å². The van der Waals surface area contributed by atoms with Gasteiger partial charge in [0.05, 0.1) is 6.61 Å². The molecule has 4 heteroatoms. The third-order valence-electron chi connectivity index (χ3n) is 4.00. The lowest BCUT2D eigenvalue weighted by Gasteiger charge is -2.03. The molecule has 0 N–H and O–H groups in total. The number of pyridine rings is 1. The molecular weight excluding hydrogens is 366 g/mol. The number of rotatable bonds is 14. The minimum absolute atomic E-state index is 0. The molecule has 3 nitrogen and oxygen atoms in total. The maximum atomic E-state index is 10.8. The fraction of sp³-hybridized carbons (Fsp3) is 0.600. The van der Waals surface area contributed by atoms with E-state index in [1.54, 1.807) is 0 Å². The molecule has 136 valence electrons. The molecule has 0 atom stereocenters. The van der Waals surface area contributed by atoms with Crippen molar-refractivity contribution in [1.29, 1.82) is 0 Å². The molecule has 0 amide bonds. The summed E-state index contributed by atoms with van der Waals surface area (Å²) >= 11 is 0. The number of ether oxygens (including phenoxy) is 1. The number of carbonyl (C=O) groups excluding carboxylic acids is 1. The quantitative estimate of drug-likeness (QED) is 0.206. The van der Waals surface area contributed by atoms with Crippen LogP contribution in [0.3, 0.4) is 0 Å². The number of aromatic nitrogens is 1. The Bertz CT molecular complexity index is 423. The zero-order valence-electron chi connectivity index (χ0n) is 14.8. The van der Waals surface area contributed by atoms with Gasteiger partial charge in [0, 0.05) is 24.6 Å². The summed E-state index contributed by atoms with van der Waals surface area (Å²) in [7, 11) is 0. The molecule has 1 heterocycles. The van der Waals surface area contributed by atoms with Crippen LogP contribution in [-0.2, 0) is 16.1 Å². The van der Waals surface area contributed by atoms with Crippen molar-refractivity contribution in [2.75, 3.05) is 6.61 Å². The molecular formula is C20H32BrNO2. The van der Waals surface area contributed by atoms with Crippen LogP contribution >= 0.6 is 0 Å². The average Bonchev–Trinajstić information content (AvgIpc) is 2.59. The maximum absolute atomic E-state index is 10.8. The molecule has 0 saturated carbocycles. The van der Waals surface area contributed by atoms with Crippen LogP contribution < -0.4 is 21.5 Å². The fourth-order valence-electron chi connectivity index (χ4n) is 2.63. The molecule has 0 aliphatic rings. The van der Waals surface area contributed by atoms with Crippen molar-refractivity contribution >= 4 is 5.97 Å². The van der Waals surface area contributed by atoms with E-state index in [0.717, 1.165) is 19.4 Å². The summed E-state index contributed by atoms with van der Waals surface area (Å²) in [4.78, 5) is 10.8. The summed E-state index contributed by atoms with van der Waals surface area (Å²) in [6.45, 7) is 5.04. The molecule has 0 aliphatic carbocycles. The van der Waals surface area contributed by atoms with E-state index in [4.69, 9.17) is 4.74 Å². The third-order valence-corrected chi connectivity index (χ3v) is 4.00. The second-order valence-electron chi connectivity index (χ2n) is 6.02. The number of hydrogen-bond acceptors (Lipinski definition) is 2. The van der Waals surface area contributed by atoms with Crippen LogP contribution in [-0.4, -0.2) is 12.6 Å². The van der Waals surface area contributed by atoms with E-state index >= 15 is 0 Å². The first-order valence-corrected chi connectivity index (χ1v) is 9.06. The van der Waals surface area contributed by atoms with E-state index in [2.05, 4.69) is 41.7 Å². The Morgan fingerprint density at radius 1 is 0.833 bits per heavy atom. The Hall–Kier alpha value is -1.16. The smallest absolute Gasteiger partial charge is 0.330 e. The summed E-state index contributed by atoms with van der Waals surface area (Å²) in [5, 5.41) is 0. The van der Waals surface area contributed by atoms with Crippen LogP contribution in [0.4, 0.5) is 0 Å². The molecule has 24 heavy (non-hydrogen) atoms. The second-order valence-corrected chi connectivity index (χ2v) is 6.02. The first kappa shape index (κ1) is 22.8. The normalized spacial score (nSPS) is 10.0. The Morgan fingerprint density at radius 3 is 1.88 bits per heavy atom. The summed E-state index contributed by atoms with van der Waals surface area (Å²) < 4.78 is 7.20. The van der Waals surface area contributed by atoms with Gasteiger partial charge in [0.2, 0.25) is 0 Å². The van der Waals surface area contributed by atoms with Crippen molar-refractivity contribution in [3.8, 4) is 0 Å². The summed E-state index contributed by atoms with van der Waals surface area (Å²) in [5.74, 6) is -0.310. The highest BCUT2D eigenvalue weighted by Crippen LogP contribution is 2.10. The molecule has 0 saturated heterocycles. The molecule has 1 rings (SSSR count). The summed E-state index contributed by atoms with van der Waals surface area (Å²) in [5.41, 5.74) is 0.